The molecule has 1 nitrogen and oxygen atoms in total. The Bertz CT molecular complexity index is 378. The summed E-state index contributed by atoms with van der Waals surface area (Å²) < 4.78 is 5.47. The summed E-state index contributed by atoms with van der Waals surface area (Å²) in [7, 11) is 0. The van der Waals surface area contributed by atoms with Gasteiger partial charge in [-0.05, 0) is 17.2 Å². The van der Waals surface area contributed by atoms with Crippen LogP contribution in [0.3, 0.4) is 0 Å². The second kappa shape index (κ2) is 2.01. The van der Waals surface area contributed by atoms with Crippen LogP contribution < -0.4 is 0 Å². The molecule has 1 unspecified atom stereocenters. The minimum atomic E-state index is 0.167. The fraction of sp³-hybridized carbons (Fsp3) is 0.0909. The first-order valence-corrected chi connectivity index (χ1v) is 4.08. The van der Waals surface area contributed by atoms with E-state index in [9.17, 15) is 0 Å². The first-order chi connectivity index (χ1) is 5.95. The lowest BCUT2D eigenvalue weighted by Gasteiger charge is -2.18. The molecule has 3 aliphatic rings. The van der Waals surface area contributed by atoms with E-state index in [2.05, 4.69) is 30.4 Å². The highest BCUT2D eigenvalue weighted by molar-refractivity contribution is 5.60. The number of hydrogen-bond acceptors (Lipinski definition) is 1. The first-order valence-electron chi connectivity index (χ1n) is 4.08. The average molecular weight is 156 g/mol. The van der Waals surface area contributed by atoms with Crippen LogP contribution in [0.1, 0.15) is 0 Å². The maximum Gasteiger partial charge on any atom is 0.149 e. The highest BCUT2D eigenvalue weighted by Gasteiger charge is 2.27. The summed E-state index contributed by atoms with van der Waals surface area (Å²) in [6.07, 6.45) is 14.5. The van der Waals surface area contributed by atoms with Gasteiger partial charge in [0.25, 0.3) is 0 Å². The van der Waals surface area contributed by atoms with Crippen molar-refractivity contribution in [1.29, 1.82) is 0 Å². The fourth-order valence-corrected chi connectivity index (χ4v) is 1.78. The molecule has 2 aliphatic carbocycles. The lowest BCUT2D eigenvalue weighted by Crippen LogP contribution is -2.14. The van der Waals surface area contributed by atoms with E-state index < -0.39 is 0 Å². The zero-order chi connectivity index (χ0) is 7.97. The van der Waals surface area contributed by atoms with Crippen LogP contribution in [0.15, 0.2) is 59.4 Å². The van der Waals surface area contributed by atoms with Crippen molar-refractivity contribution in [3.8, 4) is 0 Å². The van der Waals surface area contributed by atoms with E-state index in [1.54, 1.807) is 6.26 Å². The van der Waals surface area contributed by atoms with Crippen molar-refractivity contribution < 1.29 is 4.74 Å². The number of allylic oxidation sites excluding steroid dienone is 5. The minimum absolute atomic E-state index is 0.167. The molecule has 0 fully saturated rings. The Kier molecular flexibility index (Phi) is 1.01. The van der Waals surface area contributed by atoms with Crippen LogP contribution in [0.25, 0.3) is 0 Å². The van der Waals surface area contributed by atoms with Crippen LogP contribution in [0.2, 0.25) is 0 Å². The van der Waals surface area contributed by atoms with E-state index in [1.165, 1.54) is 16.7 Å². The Morgan fingerprint density at radius 1 is 1.08 bits per heavy atom. The Hall–Kier alpha value is -1.50. The van der Waals surface area contributed by atoms with Gasteiger partial charge >= 0.3 is 0 Å². The molecular formula is C11H8O. The van der Waals surface area contributed by atoms with Crippen molar-refractivity contribution in [3.63, 3.8) is 0 Å². The molecule has 0 bridgehead atoms. The van der Waals surface area contributed by atoms with Crippen LogP contribution in [0, 0.1) is 0 Å². The monoisotopic (exact) mass is 156 g/mol. The average Bonchev–Trinajstić information content (AvgIpc) is 2.71. The Morgan fingerprint density at radius 2 is 2.08 bits per heavy atom. The number of ether oxygens (including phenoxy) is 1. The lowest BCUT2D eigenvalue weighted by molar-refractivity contribution is 0.230. The van der Waals surface area contributed by atoms with Gasteiger partial charge in [0.15, 0.2) is 0 Å². The Balaban J connectivity index is 2.14. The third kappa shape index (κ3) is 0.632. The van der Waals surface area contributed by atoms with E-state index in [1.807, 2.05) is 6.08 Å². The predicted octanol–water partition coefficient (Wildman–Crippen LogP) is 2.26. The van der Waals surface area contributed by atoms with Gasteiger partial charge in [0.2, 0.25) is 0 Å². The molecule has 0 radical (unpaired) electrons. The largest absolute Gasteiger partial charge is 0.489 e. The van der Waals surface area contributed by atoms with Crippen molar-refractivity contribution in [2.24, 2.45) is 0 Å². The molecule has 0 N–H and O–H groups in total. The SMILES string of the molecule is C1=CC2=CC=C3C=COC3C2=C1. The first kappa shape index (κ1) is 6.06. The van der Waals surface area contributed by atoms with Gasteiger partial charge in [0.05, 0.1) is 6.26 Å². The van der Waals surface area contributed by atoms with Crippen LogP contribution in [-0.4, -0.2) is 6.10 Å². The topological polar surface area (TPSA) is 9.23 Å². The maximum absolute atomic E-state index is 5.47. The van der Waals surface area contributed by atoms with Crippen molar-refractivity contribution in [2.45, 2.75) is 6.10 Å². The van der Waals surface area contributed by atoms with Crippen LogP contribution in [0.4, 0.5) is 0 Å². The second-order valence-corrected chi connectivity index (χ2v) is 3.09. The third-order valence-corrected chi connectivity index (χ3v) is 2.40. The van der Waals surface area contributed by atoms with Gasteiger partial charge in [0.1, 0.15) is 6.10 Å². The van der Waals surface area contributed by atoms with E-state index in [4.69, 9.17) is 4.74 Å². The molecule has 1 heterocycles. The summed E-state index contributed by atoms with van der Waals surface area (Å²) >= 11 is 0. The third-order valence-electron chi connectivity index (χ3n) is 2.40. The molecule has 1 heteroatoms. The highest BCUT2D eigenvalue weighted by atomic mass is 16.5. The van der Waals surface area contributed by atoms with E-state index >= 15 is 0 Å². The molecular weight excluding hydrogens is 148 g/mol. The summed E-state index contributed by atoms with van der Waals surface area (Å²) in [5, 5.41) is 0. The molecule has 58 valence electrons. The summed E-state index contributed by atoms with van der Waals surface area (Å²) in [6.45, 7) is 0. The van der Waals surface area contributed by atoms with Crippen LogP contribution >= 0.6 is 0 Å². The number of rotatable bonds is 0. The summed E-state index contributed by atoms with van der Waals surface area (Å²) in [5.41, 5.74) is 3.83. The molecule has 1 aliphatic heterocycles. The van der Waals surface area contributed by atoms with Crippen LogP contribution in [-0.2, 0) is 4.74 Å². The Morgan fingerprint density at radius 3 is 3.08 bits per heavy atom. The van der Waals surface area contributed by atoms with Crippen molar-refractivity contribution in [2.75, 3.05) is 0 Å². The van der Waals surface area contributed by atoms with E-state index in [-0.39, 0.29) is 6.10 Å². The van der Waals surface area contributed by atoms with Crippen molar-refractivity contribution in [3.05, 3.63) is 59.4 Å². The highest BCUT2D eigenvalue weighted by Crippen LogP contribution is 2.34. The van der Waals surface area contributed by atoms with Gasteiger partial charge in [-0.1, -0.05) is 30.4 Å². The quantitative estimate of drug-likeness (QED) is 0.522. The number of fused-ring (bicyclic) bond motifs is 3. The predicted molar refractivity (Wildman–Crippen MR) is 47.4 cm³/mol. The van der Waals surface area contributed by atoms with E-state index in [0.717, 1.165) is 0 Å². The molecule has 12 heavy (non-hydrogen) atoms. The smallest absolute Gasteiger partial charge is 0.149 e. The standard InChI is InChI=1S/C11H8O/c1-2-8-4-5-9-6-7-12-11(9)10(8)3-1/h1-7,11H. The summed E-state index contributed by atoms with van der Waals surface area (Å²) in [5.74, 6) is 0. The summed E-state index contributed by atoms with van der Waals surface area (Å²) in [6, 6.07) is 0. The lowest BCUT2D eigenvalue weighted by atomic mass is 9.93. The molecule has 0 saturated carbocycles. The molecule has 0 aromatic heterocycles. The molecule has 0 amide bonds. The van der Waals surface area contributed by atoms with E-state index in [0.29, 0.717) is 0 Å². The zero-order valence-electron chi connectivity index (χ0n) is 6.53. The molecule has 0 spiro atoms. The molecule has 1 atom stereocenters. The van der Waals surface area contributed by atoms with Gasteiger partial charge in [-0.2, -0.15) is 0 Å². The van der Waals surface area contributed by atoms with Crippen LogP contribution in [0.5, 0.6) is 0 Å². The second-order valence-electron chi connectivity index (χ2n) is 3.09. The normalized spacial score (nSPS) is 28.7. The fourth-order valence-electron chi connectivity index (χ4n) is 1.78. The van der Waals surface area contributed by atoms with Crippen molar-refractivity contribution >= 4 is 0 Å². The number of hydrogen-bond donors (Lipinski definition) is 0. The van der Waals surface area contributed by atoms with Gasteiger partial charge in [-0.3, -0.25) is 0 Å². The van der Waals surface area contributed by atoms with Crippen molar-refractivity contribution in [1.82, 2.24) is 0 Å². The van der Waals surface area contributed by atoms with Gasteiger partial charge in [0, 0.05) is 5.57 Å². The molecule has 0 aromatic rings. The molecule has 3 rings (SSSR count). The summed E-state index contributed by atoms with van der Waals surface area (Å²) in [4.78, 5) is 0. The maximum atomic E-state index is 5.47. The minimum Gasteiger partial charge on any atom is -0.489 e. The molecule has 0 aromatic carbocycles. The molecule has 0 saturated heterocycles. The van der Waals surface area contributed by atoms with Gasteiger partial charge in [-0.25, -0.2) is 0 Å². The Labute approximate surface area is 71.0 Å². The zero-order valence-corrected chi connectivity index (χ0v) is 6.53. The van der Waals surface area contributed by atoms with Gasteiger partial charge < -0.3 is 4.74 Å². The van der Waals surface area contributed by atoms with Gasteiger partial charge in [-0.15, -0.1) is 0 Å².